The molecule has 2 aromatic rings. The number of benzene rings is 1. The van der Waals surface area contributed by atoms with E-state index in [2.05, 4.69) is 20.8 Å². The van der Waals surface area contributed by atoms with Crippen LogP contribution in [0, 0.1) is 0 Å². The van der Waals surface area contributed by atoms with Gasteiger partial charge in [-0.05, 0) is 12.1 Å². The van der Waals surface area contributed by atoms with Crippen LogP contribution in [0.5, 0.6) is 0 Å². The summed E-state index contributed by atoms with van der Waals surface area (Å²) in [5.41, 5.74) is 0.837. The lowest BCUT2D eigenvalue weighted by molar-refractivity contribution is -0.122. The van der Waals surface area contributed by atoms with Gasteiger partial charge in [0.25, 0.3) is 5.24 Å². The van der Waals surface area contributed by atoms with E-state index in [1.54, 1.807) is 24.3 Å². The topological polar surface area (TPSA) is 101 Å². The minimum atomic E-state index is -0.703. The first kappa shape index (κ1) is 15.9. The first-order chi connectivity index (χ1) is 11.0. The number of amides is 3. The highest BCUT2D eigenvalue weighted by molar-refractivity contribution is 8.15. The second kappa shape index (κ2) is 6.65. The maximum absolute atomic E-state index is 11.9. The van der Waals surface area contributed by atoms with Crippen LogP contribution in [0.15, 0.2) is 24.3 Å². The summed E-state index contributed by atoms with van der Waals surface area (Å²) in [6, 6.07) is 7.09. The number of thioether (sulfide) groups is 1. The Bertz CT molecular complexity index is 778. The zero-order chi connectivity index (χ0) is 16.4. The Morgan fingerprint density at radius 3 is 2.65 bits per heavy atom. The van der Waals surface area contributed by atoms with Crippen LogP contribution in [0.3, 0.4) is 0 Å². The number of halogens is 1. The molecule has 2 N–H and O–H groups in total. The molecule has 3 rings (SSSR count). The molecule has 1 aromatic carbocycles. The summed E-state index contributed by atoms with van der Waals surface area (Å²) in [5, 5.41) is 13.1. The minimum Gasteiger partial charge on any atom is -0.300 e. The Morgan fingerprint density at radius 2 is 2.00 bits per heavy atom. The molecule has 0 radical (unpaired) electrons. The molecular formula is C13H9ClN4O3S2. The Balaban J connectivity index is 1.62. The van der Waals surface area contributed by atoms with Gasteiger partial charge in [0, 0.05) is 17.0 Å². The number of anilines is 1. The number of aromatic nitrogens is 2. The van der Waals surface area contributed by atoms with Crippen LogP contribution in [0.2, 0.25) is 5.02 Å². The molecule has 1 aliphatic heterocycles. The largest absolute Gasteiger partial charge is 0.300 e. The van der Waals surface area contributed by atoms with Crippen LogP contribution in [0.25, 0.3) is 10.6 Å². The second-order valence-electron chi connectivity index (χ2n) is 4.55. The zero-order valence-electron chi connectivity index (χ0n) is 11.4. The molecule has 0 saturated carbocycles. The first-order valence-corrected chi connectivity index (χ1v) is 8.49. The van der Waals surface area contributed by atoms with E-state index >= 15 is 0 Å². The highest BCUT2D eigenvalue weighted by Crippen LogP contribution is 2.28. The van der Waals surface area contributed by atoms with Crippen molar-refractivity contribution in [3.63, 3.8) is 0 Å². The zero-order valence-corrected chi connectivity index (χ0v) is 13.8. The van der Waals surface area contributed by atoms with Gasteiger partial charge in [0.2, 0.25) is 16.9 Å². The molecule has 10 heteroatoms. The highest BCUT2D eigenvalue weighted by Gasteiger charge is 2.33. The number of nitrogens with zero attached hydrogens (tertiary/aromatic N) is 2. The predicted molar refractivity (Wildman–Crippen MR) is 88.5 cm³/mol. The molecule has 1 saturated heterocycles. The molecule has 1 atom stereocenters. The van der Waals surface area contributed by atoms with E-state index in [9.17, 15) is 14.4 Å². The molecule has 1 aliphatic rings. The Hall–Kier alpha value is -1.97. The third-order valence-corrected chi connectivity index (χ3v) is 5.02. The minimum absolute atomic E-state index is 0.0991. The van der Waals surface area contributed by atoms with E-state index < -0.39 is 22.3 Å². The second-order valence-corrected chi connectivity index (χ2v) is 7.14. The summed E-state index contributed by atoms with van der Waals surface area (Å²) in [6.45, 7) is 0. The molecule has 7 nitrogen and oxygen atoms in total. The molecule has 23 heavy (non-hydrogen) atoms. The van der Waals surface area contributed by atoms with Crippen molar-refractivity contribution in [3.05, 3.63) is 29.3 Å². The molecule has 1 fully saturated rings. The Labute approximate surface area is 143 Å². The van der Waals surface area contributed by atoms with E-state index in [0.717, 1.165) is 17.3 Å². The Kier molecular flexibility index (Phi) is 4.60. The number of carbonyl (C=O) groups is 3. The fourth-order valence-corrected chi connectivity index (χ4v) is 3.56. The molecular weight excluding hydrogens is 360 g/mol. The maximum atomic E-state index is 11.9. The van der Waals surface area contributed by atoms with Gasteiger partial charge in [-0.1, -0.05) is 46.8 Å². The van der Waals surface area contributed by atoms with Crippen molar-refractivity contribution in [2.45, 2.75) is 11.7 Å². The van der Waals surface area contributed by atoms with E-state index in [4.69, 9.17) is 11.6 Å². The van der Waals surface area contributed by atoms with Crippen molar-refractivity contribution in [2.75, 3.05) is 5.32 Å². The average molecular weight is 369 g/mol. The normalized spacial score (nSPS) is 17.2. The van der Waals surface area contributed by atoms with Gasteiger partial charge >= 0.3 is 0 Å². The predicted octanol–water partition coefficient (Wildman–Crippen LogP) is 2.54. The molecule has 0 bridgehead atoms. The molecule has 1 aromatic heterocycles. The summed E-state index contributed by atoms with van der Waals surface area (Å²) in [5.74, 6) is -0.847. The first-order valence-electron chi connectivity index (χ1n) is 6.42. The van der Waals surface area contributed by atoms with Crippen molar-refractivity contribution in [2.24, 2.45) is 0 Å². The smallest absolute Gasteiger partial charge is 0.286 e. The fraction of sp³-hybridized carbons (Fsp3) is 0.154. The lowest BCUT2D eigenvalue weighted by Crippen LogP contribution is -2.27. The van der Waals surface area contributed by atoms with Crippen molar-refractivity contribution in [3.8, 4) is 10.6 Å². The van der Waals surface area contributed by atoms with Gasteiger partial charge in [-0.2, -0.15) is 0 Å². The van der Waals surface area contributed by atoms with Crippen LogP contribution in [-0.4, -0.2) is 32.5 Å². The number of carbonyl (C=O) groups excluding carboxylic acids is 3. The third-order valence-electron chi connectivity index (χ3n) is 2.90. The SMILES string of the molecule is O=C(CC1SC(=O)NC1=O)Nc1nnc(-c2ccc(Cl)cc2)s1. The summed E-state index contributed by atoms with van der Waals surface area (Å²) in [4.78, 5) is 34.4. The number of hydrogen-bond donors (Lipinski definition) is 2. The van der Waals surface area contributed by atoms with E-state index in [1.165, 1.54) is 11.3 Å². The number of imide groups is 1. The average Bonchev–Trinajstić information content (AvgIpc) is 3.07. The monoisotopic (exact) mass is 368 g/mol. The van der Waals surface area contributed by atoms with Crippen LogP contribution in [-0.2, 0) is 9.59 Å². The van der Waals surface area contributed by atoms with E-state index in [-0.39, 0.29) is 6.42 Å². The molecule has 0 spiro atoms. The molecule has 2 heterocycles. The van der Waals surface area contributed by atoms with Gasteiger partial charge in [0.05, 0.1) is 0 Å². The quantitative estimate of drug-likeness (QED) is 0.860. The van der Waals surface area contributed by atoms with E-state index in [1.807, 2.05) is 0 Å². The van der Waals surface area contributed by atoms with Gasteiger partial charge < -0.3 is 5.32 Å². The van der Waals surface area contributed by atoms with Crippen LogP contribution in [0.1, 0.15) is 6.42 Å². The van der Waals surface area contributed by atoms with Gasteiger partial charge in [-0.25, -0.2) is 0 Å². The van der Waals surface area contributed by atoms with Crippen molar-refractivity contribution >= 4 is 56.9 Å². The van der Waals surface area contributed by atoms with Gasteiger partial charge in [0.1, 0.15) is 10.3 Å². The van der Waals surface area contributed by atoms with Gasteiger partial charge in [0.15, 0.2) is 0 Å². The van der Waals surface area contributed by atoms with Gasteiger partial charge in [-0.15, -0.1) is 10.2 Å². The van der Waals surface area contributed by atoms with Crippen LogP contribution >= 0.6 is 34.7 Å². The molecule has 118 valence electrons. The summed E-state index contributed by atoms with van der Waals surface area (Å²) >= 11 is 7.85. The number of rotatable bonds is 4. The summed E-state index contributed by atoms with van der Waals surface area (Å²) < 4.78 is 0. The molecule has 3 amide bonds. The molecule has 0 aliphatic carbocycles. The lowest BCUT2D eigenvalue weighted by Gasteiger charge is -2.03. The lowest BCUT2D eigenvalue weighted by atomic mass is 10.2. The third kappa shape index (κ3) is 3.87. The summed E-state index contributed by atoms with van der Waals surface area (Å²) in [6.07, 6.45) is -0.0991. The molecule has 1 unspecified atom stereocenters. The van der Waals surface area contributed by atoms with Crippen LogP contribution < -0.4 is 10.6 Å². The maximum Gasteiger partial charge on any atom is 0.286 e. The van der Waals surface area contributed by atoms with Crippen molar-refractivity contribution in [1.29, 1.82) is 0 Å². The van der Waals surface area contributed by atoms with Crippen molar-refractivity contribution in [1.82, 2.24) is 15.5 Å². The summed E-state index contributed by atoms with van der Waals surface area (Å²) in [7, 11) is 0. The van der Waals surface area contributed by atoms with E-state index in [0.29, 0.717) is 15.2 Å². The van der Waals surface area contributed by atoms with Crippen molar-refractivity contribution < 1.29 is 14.4 Å². The standard InChI is InChI=1S/C13H9ClN4O3S2/c14-7-3-1-6(2-4-7)11-17-18-12(23-11)15-9(19)5-8-10(20)16-13(21)22-8/h1-4,8H,5H2,(H,15,18,19)(H,16,20,21). The number of nitrogens with one attached hydrogen (secondary N) is 2. The fourth-order valence-electron chi connectivity index (χ4n) is 1.85. The number of hydrogen-bond acceptors (Lipinski definition) is 7. The Morgan fingerprint density at radius 1 is 1.26 bits per heavy atom. The van der Waals surface area contributed by atoms with Gasteiger partial charge in [-0.3, -0.25) is 19.7 Å². The highest BCUT2D eigenvalue weighted by atomic mass is 35.5. The van der Waals surface area contributed by atoms with Crippen LogP contribution in [0.4, 0.5) is 9.93 Å².